The summed E-state index contributed by atoms with van der Waals surface area (Å²) in [7, 11) is 0. The van der Waals surface area contributed by atoms with E-state index >= 15 is 0 Å². The van der Waals surface area contributed by atoms with Crippen molar-refractivity contribution in [1.82, 2.24) is 25.2 Å². The highest BCUT2D eigenvalue weighted by atomic mass is 16.2. The van der Waals surface area contributed by atoms with Crippen molar-refractivity contribution in [3.05, 3.63) is 24.5 Å². The molecule has 1 saturated heterocycles. The number of nitrogens with zero attached hydrogens (tertiary/aromatic N) is 4. The van der Waals surface area contributed by atoms with Crippen LogP contribution in [-0.2, 0) is 6.54 Å². The van der Waals surface area contributed by atoms with E-state index in [0.717, 1.165) is 44.9 Å². The summed E-state index contributed by atoms with van der Waals surface area (Å²) in [6.45, 7) is 3.37. The van der Waals surface area contributed by atoms with Crippen molar-refractivity contribution in [2.45, 2.75) is 38.6 Å². The van der Waals surface area contributed by atoms with Gasteiger partial charge in [-0.25, -0.2) is 4.79 Å². The maximum atomic E-state index is 12.6. The number of piperidine rings is 1. The Morgan fingerprint density at radius 3 is 2.92 bits per heavy atom. The highest BCUT2D eigenvalue weighted by Gasteiger charge is 2.32. The van der Waals surface area contributed by atoms with Crippen LogP contribution in [0.2, 0.25) is 0 Å². The zero-order valence-corrected chi connectivity index (χ0v) is 14.2. The van der Waals surface area contributed by atoms with Crippen LogP contribution in [0.1, 0.15) is 32.1 Å². The normalized spacial score (nSPS) is 32.1. The Labute approximate surface area is 143 Å². The van der Waals surface area contributed by atoms with Gasteiger partial charge in [-0.15, -0.1) is 5.10 Å². The van der Waals surface area contributed by atoms with Crippen LogP contribution in [0.5, 0.6) is 0 Å². The Morgan fingerprint density at radius 1 is 1.25 bits per heavy atom. The molecule has 1 aromatic heterocycles. The summed E-state index contributed by atoms with van der Waals surface area (Å²) in [5, 5.41) is 11.1. The van der Waals surface area contributed by atoms with E-state index in [0.29, 0.717) is 17.8 Å². The lowest BCUT2D eigenvalue weighted by atomic mass is 9.69. The maximum absolute atomic E-state index is 12.6. The number of carbonyl (C=O) groups is 1. The van der Waals surface area contributed by atoms with Crippen LogP contribution in [0.4, 0.5) is 4.79 Å². The number of hydrogen-bond donors (Lipinski definition) is 1. The minimum atomic E-state index is 0.115. The summed E-state index contributed by atoms with van der Waals surface area (Å²) in [4.78, 5) is 14.5. The van der Waals surface area contributed by atoms with E-state index in [1.807, 2.05) is 15.8 Å². The minimum absolute atomic E-state index is 0.115. The molecule has 6 heteroatoms. The fourth-order valence-electron chi connectivity index (χ4n) is 4.61. The molecule has 0 spiro atoms. The maximum Gasteiger partial charge on any atom is 0.317 e. The number of rotatable bonds is 4. The summed E-state index contributed by atoms with van der Waals surface area (Å²) in [6.07, 6.45) is 14.5. The van der Waals surface area contributed by atoms with Crippen LogP contribution in [-0.4, -0.2) is 45.6 Å². The van der Waals surface area contributed by atoms with Crippen molar-refractivity contribution in [2.24, 2.45) is 23.7 Å². The first kappa shape index (κ1) is 15.7. The molecule has 1 aromatic rings. The Balaban J connectivity index is 1.26. The third-order valence-corrected chi connectivity index (χ3v) is 5.95. The van der Waals surface area contributed by atoms with Gasteiger partial charge in [0.25, 0.3) is 0 Å². The summed E-state index contributed by atoms with van der Waals surface area (Å²) < 4.78 is 1.87. The number of aromatic nitrogens is 3. The van der Waals surface area contributed by atoms with E-state index < -0.39 is 0 Å². The zero-order valence-electron chi connectivity index (χ0n) is 14.2. The van der Waals surface area contributed by atoms with E-state index in [-0.39, 0.29) is 6.03 Å². The van der Waals surface area contributed by atoms with Crippen molar-refractivity contribution in [3.8, 4) is 0 Å². The molecule has 6 nitrogen and oxygen atoms in total. The molecule has 2 heterocycles. The lowest BCUT2D eigenvalue weighted by Crippen LogP contribution is -2.48. The molecule has 5 rings (SSSR count). The minimum Gasteiger partial charge on any atom is -0.338 e. The summed E-state index contributed by atoms with van der Waals surface area (Å²) in [5.74, 6) is 2.53. The standard InChI is InChI=1S/C18H27N5O/c24-18(19-11-17-10-14-3-5-16(17)6-4-14)22-8-1-2-15(12-22)13-23-9-7-20-21-23/h3,5,7,9,14-17H,1-2,4,6,8,10-13H2,(H,19,24). The molecule has 1 saturated carbocycles. The van der Waals surface area contributed by atoms with E-state index in [1.54, 1.807) is 6.20 Å². The molecule has 2 bridgehead atoms. The van der Waals surface area contributed by atoms with E-state index in [9.17, 15) is 4.79 Å². The molecule has 24 heavy (non-hydrogen) atoms. The van der Waals surface area contributed by atoms with Gasteiger partial charge in [0.05, 0.1) is 6.20 Å². The van der Waals surface area contributed by atoms with Gasteiger partial charge in [-0.1, -0.05) is 17.4 Å². The predicted octanol–water partition coefficient (Wildman–Crippen LogP) is 2.30. The average molecular weight is 329 g/mol. The van der Waals surface area contributed by atoms with Gasteiger partial charge in [-0.05, 0) is 55.8 Å². The van der Waals surface area contributed by atoms with Crippen molar-refractivity contribution < 1.29 is 4.79 Å². The number of fused-ring (bicyclic) bond motifs is 2. The lowest BCUT2D eigenvalue weighted by molar-refractivity contribution is 0.151. The lowest BCUT2D eigenvalue weighted by Gasteiger charge is -2.39. The molecule has 1 aliphatic heterocycles. The Bertz CT molecular complexity index is 584. The summed E-state index contributed by atoms with van der Waals surface area (Å²) >= 11 is 0. The van der Waals surface area contributed by atoms with Crippen LogP contribution < -0.4 is 5.32 Å². The van der Waals surface area contributed by atoms with Crippen LogP contribution in [0.15, 0.2) is 24.5 Å². The van der Waals surface area contributed by atoms with Gasteiger partial charge < -0.3 is 10.2 Å². The molecule has 2 amide bonds. The highest BCUT2D eigenvalue weighted by Crippen LogP contribution is 2.39. The fraction of sp³-hybridized carbons (Fsp3) is 0.722. The van der Waals surface area contributed by atoms with Crippen molar-refractivity contribution in [3.63, 3.8) is 0 Å². The predicted molar refractivity (Wildman–Crippen MR) is 91.2 cm³/mol. The van der Waals surface area contributed by atoms with Gasteiger partial charge >= 0.3 is 6.03 Å². The smallest absolute Gasteiger partial charge is 0.317 e. The molecule has 1 N–H and O–H groups in total. The third-order valence-electron chi connectivity index (χ3n) is 5.95. The van der Waals surface area contributed by atoms with Crippen LogP contribution in [0.3, 0.4) is 0 Å². The van der Waals surface area contributed by atoms with Crippen LogP contribution >= 0.6 is 0 Å². The van der Waals surface area contributed by atoms with E-state index in [1.165, 1.54) is 19.3 Å². The van der Waals surface area contributed by atoms with Crippen molar-refractivity contribution >= 4 is 6.03 Å². The second-order valence-electron chi connectivity index (χ2n) is 7.65. The second kappa shape index (κ2) is 6.95. The molecule has 130 valence electrons. The molecule has 4 atom stereocenters. The highest BCUT2D eigenvalue weighted by molar-refractivity contribution is 5.74. The first-order valence-corrected chi connectivity index (χ1v) is 9.33. The first-order valence-electron chi connectivity index (χ1n) is 9.33. The van der Waals surface area contributed by atoms with Crippen molar-refractivity contribution in [1.29, 1.82) is 0 Å². The van der Waals surface area contributed by atoms with Gasteiger partial charge in [0.1, 0.15) is 0 Å². The Hall–Kier alpha value is -1.85. The number of urea groups is 1. The molecule has 0 radical (unpaired) electrons. The van der Waals surface area contributed by atoms with Crippen molar-refractivity contribution in [2.75, 3.05) is 19.6 Å². The van der Waals surface area contributed by atoms with Crippen LogP contribution in [0.25, 0.3) is 0 Å². The fourth-order valence-corrected chi connectivity index (χ4v) is 4.61. The molecule has 0 aromatic carbocycles. The Morgan fingerprint density at radius 2 is 2.21 bits per heavy atom. The van der Waals surface area contributed by atoms with Gasteiger partial charge in [0.15, 0.2) is 0 Å². The zero-order chi connectivity index (χ0) is 16.4. The number of amides is 2. The number of hydrogen-bond acceptors (Lipinski definition) is 3. The van der Waals surface area contributed by atoms with Gasteiger partial charge in [-0.3, -0.25) is 4.68 Å². The SMILES string of the molecule is O=C(NCC1CC2C=CC1CC2)N1CCCC(Cn2ccnn2)C1. The second-order valence-corrected chi connectivity index (χ2v) is 7.65. The number of allylic oxidation sites excluding steroid dienone is 2. The molecular formula is C18H27N5O. The number of carbonyl (C=O) groups excluding carboxylic acids is 1. The van der Waals surface area contributed by atoms with Crippen LogP contribution in [0, 0.1) is 23.7 Å². The first-order chi connectivity index (χ1) is 11.8. The quantitative estimate of drug-likeness (QED) is 0.862. The monoisotopic (exact) mass is 329 g/mol. The largest absolute Gasteiger partial charge is 0.338 e. The van der Waals surface area contributed by atoms with Gasteiger partial charge in [0, 0.05) is 32.4 Å². The van der Waals surface area contributed by atoms with Gasteiger partial charge in [-0.2, -0.15) is 0 Å². The molecular weight excluding hydrogens is 302 g/mol. The van der Waals surface area contributed by atoms with Gasteiger partial charge in [0.2, 0.25) is 0 Å². The molecule has 2 fully saturated rings. The number of nitrogens with one attached hydrogen (secondary N) is 1. The molecule has 4 unspecified atom stereocenters. The Kier molecular flexibility index (Phi) is 4.54. The summed E-state index contributed by atoms with van der Waals surface area (Å²) in [5.41, 5.74) is 0. The average Bonchev–Trinajstić information content (AvgIpc) is 3.14. The number of likely N-dealkylation sites (tertiary alicyclic amines) is 1. The molecule has 3 aliphatic carbocycles. The summed E-state index contributed by atoms with van der Waals surface area (Å²) in [6, 6.07) is 0.115. The van der Waals surface area contributed by atoms with E-state index in [2.05, 4.69) is 27.8 Å². The third kappa shape index (κ3) is 3.47. The van der Waals surface area contributed by atoms with E-state index in [4.69, 9.17) is 0 Å². The topological polar surface area (TPSA) is 63.1 Å². The molecule has 4 aliphatic rings.